The lowest BCUT2D eigenvalue weighted by Crippen LogP contribution is -2.27. The van der Waals surface area contributed by atoms with Crippen LogP contribution in [0.15, 0.2) is 22.7 Å². The van der Waals surface area contributed by atoms with Crippen LogP contribution in [0.4, 0.5) is 0 Å². The molecule has 21 heavy (non-hydrogen) atoms. The summed E-state index contributed by atoms with van der Waals surface area (Å²) in [5.74, 6) is 1.75. The van der Waals surface area contributed by atoms with E-state index in [-0.39, 0.29) is 5.91 Å². The summed E-state index contributed by atoms with van der Waals surface area (Å²) in [7, 11) is 1.76. The maximum atomic E-state index is 12.5. The molecule has 0 atom stereocenters. The van der Waals surface area contributed by atoms with Crippen LogP contribution in [0.25, 0.3) is 0 Å². The van der Waals surface area contributed by atoms with Gasteiger partial charge in [0.25, 0.3) is 5.91 Å². The van der Waals surface area contributed by atoms with Crippen molar-refractivity contribution in [1.82, 2.24) is 19.7 Å². The van der Waals surface area contributed by atoms with Crippen molar-refractivity contribution in [2.24, 2.45) is 0 Å². The molecular weight excluding hydrogens is 356 g/mol. The van der Waals surface area contributed by atoms with E-state index in [1.807, 2.05) is 0 Å². The van der Waals surface area contributed by atoms with Gasteiger partial charge in [-0.25, -0.2) is 0 Å². The van der Waals surface area contributed by atoms with E-state index in [4.69, 9.17) is 11.6 Å². The van der Waals surface area contributed by atoms with Gasteiger partial charge >= 0.3 is 0 Å². The highest BCUT2D eigenvalue weighted by Crippen LogP contribution is 2.21. The van der Waals surface area contributed by atoms with E-state index in [1.165, 1.54) is 0 Å². The van der Waals surface area contributed by atoms with Gasteiger partial charge in [-0.1, -0.05) is 27.5 Å². The average molecular weight is 370 g/mol. The Hall–Kier alpha value is -1.40. The van der Waals surface area contributed by atoms with Gasteiger partial charge in [-0.2, -0.15) is 0 Å². The number of rotatable bonds is 3. The molecule has 1 aliphatic heterocycles. The van der Waals surface area contributed by atoms with Gasteiger partial charge in [-0.3, -0.25) is 4.79 Å². The predicted molar refractivity (Wildman–Crippen MR) is 83.3 cm³/mol. The topological polar surface area (TPSA) is 51.0 Å². The van der Waals surface area contributed by atoms with Crippen molar-refractivity contribution in [2.75, 3.05) is 7.05 Å². The Labute approximate surface area is 136 Å². The molecule has 0 unspecified atom stereocenters. The standard InChI is InChI=1S/C14H14BrClN4O/c1-19(8-13-18-17-12-3-2-4-20(12)13)14(21)9-5-10(15)7-11(16)6-9/h5-7H,2-4,8H2,1H3. The summed E-state index contributed by atoms with van der Waals surface area (Å²) in [4.78, 5) is 14.1. The zero-order chi connectivity index (χ0) is 15.0. The lowest BCUT2D eigenvalue weighted by molar-refractivity contribution is 0.0780. The van der Waals surface area contributed by atoms with E-state index in [0.717, 1.165) is 35.5 Å². The zero-order valence-corrected chi connectivity index (χ0v) is 13.9. The number of hydrogen-bond donors (Lipinski definition) is 0. The molecule has 7 heteroatoms. The van der Waals surface area contributed by atoms with Crippen molar-refractivity contribution in [1.29, 1.82) is 0 Å². The van der Waals surface area contributed by atoms with Gasteiger partial charge in [0.05, 0.1) is 6.54 Å². The third kappa shape index (κ3) is 2.96. The number of hydrogen-bond acceptors (Lipinski definition) is 3. The monoisotopic (exact) mass is 368 g/mol. The summed E-state index contributed by atoms with van der Waals surface area (Å²) in [6, 6.07) is 5.18. The maximum Gasteiger partial charge on any atom is 0.254 e. The SMILES string of the molecule is CN(Cc1nnc2n1CCC2)C(=O)c1cc(Cl)cc(Br)c1. The molecule has 1 aromatic carbocycles. The number of fused-ring (bicyclic) bond motifs is 1. The fourth-order valence-corrected chi connectivity index (χ4v) is 3.37. The van der Waals surface area contributed by atoms with Gasteiger partial charge in [-0.15, -0.1) is 10.2 Å². The quantitative estimate of drug-likeness (QED) is 0.836. The minimum absolute atomic E-state index is 0.0893. The van der Waals surface area contributed by atoms with E-state index in [9.17, 15) is 4.79 Å². The molecule has 0 aliphatic carbocycles. The second-order valence-electron chi connectivity index (χ2n) is 5.11. The highest BCUT2D eigenvalue weighted by atomic mass is 79.9. The van der Waals surface area contributed by atoms with Crippen LogP contribution in [0.2, 0.25) is 5.02 Å². The maximum absolute atomic E-state index is 12.5. The van der Waals surface area contributed by atoms with Crippen LogP contribution < -0.4 is 0 Å². The summed E-state index contributed by atoms with van der Waals surface area (Å²) in [6.07, 6.45) is 2.06. The Kier molecular flexibility index (Phi) is 3.99. The lowest BCUT2D eigenvalue weighted by Gasteiger charge is -2.17. The van der Waals surface area contributed by atoms with E-state index in [2.05, 4.69) is 30.7 Å². The van der Waals surface area contributed by atoms with Crippen LogP contribution >= 0.6 is 27.5 Å². The largest absolute Gasteiger partial charge is 0.334 e. The van der Waals surface area contributed by atoms with Crippen LogP contribution in [0, 0.1) is 0 Å². The number of amides is 1. The molecule has 0 spiro atoms. The first-order valence-corrected chi connectivity index (χ1v) is 7.84. The number of benzene rings is 1. The van der Waals surface area contributed by atoms with Crippen molar-refractivity contribution >= 4 is 33.4 Å². The molecule has 0 saturated heterocycles. The summed E-state index contributed by atoms with van der Waals surface area (Å²) in [5, 5.41) is 8.86. The van der Waals surface area contributed by atoms with E-state index >= 15 is 0 Å². The first-order valence-electron chi connectivity index (χ1n) is 6.67. The molecule has 110 valence electrons. The molecular formula is C14H14BrClN4O. The van der Waals surface area contributed by atoms with E-state index in [0.29, 0.717) is 17.1 Å². The smallest absolute Gasteiger partial charge is 0.254 e. The minimum atomic E-state index is -0.0893. The number of carbonyl (C=O) groups excluding carboxylic acids is 1. The predicted octanol–water partition coefficient (Wildman–Crippen LogP) is 2.91. The van der Waals surface area contributed by atoms with Crippen molar-refractivity contribution in [2.45, 2.75) is 25.9 Å². The van der Waals surface area contributed by atoms with Crippen LogP contribution in [-0.2, 0) is 19.5 Å². The molecule has 0 saturated carbocycles. The Bertz CT molecular complexity index is 680. The van der Waals surface area contributed by atoms with Gasteiger partial charge in [0.1, 0.15) is 5.82 Å². The molecule has 0 bridgehead atoms. The molecule has 2 aromatic rings. The molecule has 0 fully saturated rings. The number of aryl methyl sites for hydroxylation is 1. The van der Waals surface area contributed by atoms with Crippen LogP contribution in [0.5, 0.6) is 0 Å². The highest BCUT2D eigenvalue weighted by molar-refractivity contribution is 9.10. The lowest BCUT2D eigenvalue weighted by atomic mass is 10.2. The van der Waals surface area contributed by atoms with Crippen molar-refractivity contribution in [3.8, 4) is 0 Å². The number of carbonyl (C=O) groups is 1. The van der Waals surface area contributed by atoms with Crippen molar-refractivity contribution in [3.63, 3.8) is 0 Å². The van der Waals surface area contributed by atoms with Gasteiger partial charge in [0, 0.05) is 35.1 Å². The Morgan fingerprint density at radius 2 is 2.24 bits per heavy atom. The third-order valence-electron chi connectivity index (χ3n) is 3.52. The summed E-state index contributed by atoms with van der Waals surface area (Å²) in [5.41, 5.74) is 0.554. The molecule has 3 rings (SSSR count). The Morgan fingerprint density at radius 3 is 3.00 bits per heavy atom. The molecule has 1 aliphatic rings. The van der Waals surface area contributed by atoms with E-state index < -0.39 is 0 Å². The Balaban J connectivity index is 1.78. The summed E-state index contributed by atoms with van der Waals surface area (Å²) < 4.78 is 2.88. The third-order valence-corrected chi connectivity index (χ3v) is 4.20. The molecule has 0 radical (unpaired) electrons. The first kappa shape index (κ1) is 14.5. The minimum Gasteiger partial charge on any atom is -0.334 e. The summed E-state index contributed by atoms with van der Waals surface area (Å²) in [6.45, 7) is 1.37. The van der Waals surface area contributed by atoms with Gasteiger partial charge in [-0.05, 0) is 24.6 Å². The molecule has 5 nitrogen and oxygen atoms in total. The Morgan fingerprint density at radius 1 is 1.43 bits per heavy atom. The zero-order valence-electron chi connectivity index (χ0n) is 11.5. The molecule has 1 amide bonds. The van der Waals surface area contributed by atoms with Crippen molar-refractivity contribution < 1.29 is 4.79 Å². The fraction of sp³-hybridized carbons (Fsp3) is 0.357. The van der Waals surface area contributed by atoms with Crippen molar-refractivity contribution in [3.05, 3.63) is 44.9 Å². The second-order valence-corrected chi connectivity index (χ2v) is 6.46. The first-order chi connectivity index (χ1) is 10.0. The summed E-state index contributed by atoms with van der Waals surface area (Å²) >= 11 is 9.34. The number of nitrogens with zero attached hydrogens (tertiary/aromatic N) is 4. The molecule has 0 N–H and O–H groups in total. The van der Waals surface area contributed by atoms with Crippen LogP contribution in [-0.4, -0.2) is 32.6 Å². The van der Waals surface area contributed by atoms with Gasteiger partial charge < -0.3 is 9.47 Å². The second kappa shape index (κ2) is 5.77. The number of aromatic nitrogens is 3. The van der Waals surface area contributed by atoms with Gasteiger partial charge in [0.2, 0.25) is 0 Å². The molecule has 1 aromatic heterocycles. The highest BCUT2D eigenvalue weighted by Gasteiger charge is 2.20. The fourth-order valence-electron chi connectivity index (χ4n) is 2.51. The number of halogens is 2. The normalized spacial score (nSPS) is 13.3. The van der Waals surface area contributed by atoms with Crippen LogP contribution in [0.3, 0.4) is 0 Å². The van der Waals surface area contributed by atoms with Gasteiger partial charge in [0.15, 0.2) is 5.82 Å². The average Bonchev–Trinajstić information content (AvgIpc) is 3.01. The van der Waals surface area contributed by atoms with Crippen LogP contribution in [0.1, 0.15) is 28.4 Å². The molecule has 2 heterocycles. The van der Waals surface area contributed by atoms with E-state index in [1.54, 1.807) is 30.1 Å².